The van der Waals surface area contributed by atoms with E-state index >= 15 is 0 Å². The quantitative estimate of drug-likeness (QED) is 0.908. The van der Waals surface area contributed by atoms with Gasteiger partial charge in [0.25, 0.3) is 5.91 Å². The number of amides is 1. The first kappa shape index (κ1) is 14.2. The van der Waals surface area contributed by atoms with Gasteiger partial charge >= 0.3 is 0 Å². The summed E-state index contributed by atoms with van der Waals surface area (Å²) in [7, 11) is 1.66. The minimum atomic E-state index is -0.0523. The number of carbonyl (C=O) groups is 1. The second-order valence-corrected chi connectivity index (χ2v) is 5.11. The van der Waals surface area contributed by atoms with Crippen molar-refractivity contribution in [2.24, 2.45) is 5.92 Å². The predicted octanol–water partition coefficient (Wildman–Crippen LogP) is 2.77. The lowest BCUT2D eigenvalue weighted by Crippen LogP contribution is -2.30. The highest BCUT2D eigenvalue weighted by molar-refractivity contribution is 9.10. The van der Waals surface area contributed by atoms with Crippen LogP contribution in [0.4, 0.5) is 0 Å². The Morgan fingerprint density at radius 3 is 2.88 bits per heavy atom. The molecular weight excluding hydrogens is 282 g/mol. The topological polar surface area (TPSA) is 38.3 Å². The Labute approximate surface area is 111 Å². The first-order valence-corrected chi connectivity index (χ1v) is 6.37. The molecule has 0 aliphatic heterocycles. The Morgan fingerprint density at radius 2 is 2.24 bits per heavy atom. The molecule has 0 aliphatic rings. The molecule has 0 saturated carbocycles. The molecule has 4 heteroatoms. The van der Waals surface area contributed by atoms with Gasteiger partial charge in [0.1, 0.15) is 0 Å². The molecule has 0 fully saturated rings. The van der Waals surface area contributed by atoms with E-state index in [1.807, 2.05) is 32.0 Å². The SMILES string of the molecule is COCC(C)CNC(=O)c1cc(C)ccc1Br. The molecule has 1 amide bonds. The summed E-state index contributed by atoms with van der Waals surface area (Å²) in [4.78, 5) is 11.9. The van der Waals surface area contributed by atoms with Crippen LogP contribution in [0.3, 0.4) is 0 Å². The van der Waals surface area contributed by atoms with Gasteiger partial charge in [0.15, 0.2) is 0 Å². The number of nitrogens with one attached hydrogen (secondary N) is 1. The van der Waals surface area contributed by atoms with E-state index in [0.717, 1.165) is 10.0 Å². The molecule has 17 heavy (non-hydrogen) atoms. The van der Waals surface area contributed by atoms with E-state index in [-0.39, 0.29) is 5.91 Å². The van der Waals surface area contributed by atoms with Crippen LogP contribution in [-0.2, 0) is 4.74 Å². The molecule has 0 heterocycles. The zero-order chi connectivity index (χ0) is 12.8. The number of halogens is 1. The normalized spacial score (nSPS) is 12.2. The van der Waals surface area contributed by atoms with Crippen molar-refractivity contribution in [2.75, 3.05) is 20.3 Å². The van der Waals surface area contributed by atoms with Crippen molar-refractivity contribution in [2.45, 2.75) is 13.8 Å². The third kappa shape index (κ3) is 4.48. The van der Waals surface area contributed by atoms with Crippen LogP contribution >= 0.6 is 15.9 Å². The summed E-state index contributed by atoms with van der Waals surface area (Å²) in [6.45, 7) is 5.27. The van der Waals surface area contributed by atoms with Crippen LogP contribution in [0.1, 0.15) is 22.8 Å². The zero-order valence-electron chi connectivity index (χ0n) is 10.4. The van der Waals surface area contributed by atoms with Crippen molar-refractivity contribution in [1.82, 2.24) is 5.32 Å². The van der Waals surface area contributed by atoms with E-state index in [9.17, 15) is 4.79 Å². The predicted molar refractivity (Wildman–Crippen MR) is 72.3 cm³/mol. The van der Waals surface area contributed by atoms with Gasteiger partial charge in [-0.2, -0.15) is 0 Å². The van der Waals surface area contributed by atoms with Gasteiger partial charge in [-0.15, -0.1) is 0 Å². The summed E-state index contributed by atoms with van der Waals surface area (Å²) in [6, 6.07) is 5.73. The van der Waals surface area contributed by atoms with Crippen LogP contribution in [-0.4, -0.2) is 26.2 Å². The second-order valence-electron chi connectivity index (χ2n) is 4.25. The highest BCUT2D eigenvalue weighted by Crippen LogP contribution is 2.17. The Balaban J connectivity index is 2.61. The molecule has 1 atom stereocenters. The minimum absolute atomic E-state index is 0.0523. The molecule has 1 aromatic carbocycles. The summed E-state index contributed by atoms with van der Waals surface area (Å²) in [5, 5.41) is 2.90. The van der Waals surface area contributed by atoms with Crippen molar-refractivity contribution in [1.29, 1.82) is 0 Å². The Kier molecular flexibility index (Phi) is 5.65. The lowest BCUT2D eigenvalue weighted by atomic mass is 10.1. The molecule has 94 valence electrons. The number of aryl methyl sites for hydroxylation is 1. The van der Waals surface area contributed by atoms with E-state index in [1.165, 1.54) is 0 Å². The van der Waals surface area contributed by atoms with Crippen LogP contribution < -0.4 is 5.32 Å². The monoisotopic (exact) mass is 299 g/mol. The fraction of sp³-hybridized carbons (Fsp3) is 0.462. The molecule has 0 saturated heterocycles. The van der Waals surface area contributed by atoms with Gasteiger partial charge in [0, 0.05) is 18.1 Å². The average molecular weight is 300 g/mol. The largest absolute Gasteiger partial charge is 0.384 e. The molecule has 0 bridgehead atoms. The first-order chi connectivity index (χ1) is 8.04. The molecule has 0 spiro atoms. The number of hydrogen-bond acceptors (Lipinski definition) is 2. The highest BCUT2D eigenvalue weighted by atomic mass is 79.9. The standard InChI is InChI=1S/C13H18BrNO2/c1-9-4-5-12(14)11(6-9)13(16)15-7-10(2)8-17-3/h4-6,10H,7-8H2,1-3H3,(H,15,16). The fourth-order valence-corrected chi connectivity index (χ4v) is 1.95. The second kappa shape index (κ2) is 6.77. The van der Waals surface area contributed by atoms with E-state index in [2.05, 4.69) is 21.2 Å². The van der Waals surface area contributed by atoms with Crippen LogP contribution in [0.15, 0.2) is 22.7 Å². The molecule has 0 aliphatic carbocycles. The van der Waals surface area contributed by atoms with Gasteiger partial charge < -0.3 is 10.1 Å². The van der Waals surface area contributed by atoms with Crippen LogP contribution in [0.2, 0.25) is 0 Å². The number of methoxy groups -OCH3 is 1. The van der Waals surface area contributed by atoms with Gasteiger partial charge in [-0.3, -0.25) is 4.79 Å². The molecule has 0 aromatic heterocycles. The van der Waals surface area contributed by atoms with Gasteiger partial charge in [0.05, 0.1) is 12.2 Å². The van der Waals surface area contributed by atoms with Crippen LogP contribution in [0.25, 0.3) is 0 Å². The number of ether oxygens (including phenoxy) is 1. The first-order valence-electron chi connectivity index (χ1n) is 5.58. The maximum atomic E-state index is 11.9. The zero-order valence-corrected chi connectivity index (χ0v) is 12.0. The molecule has 1 unspecified atom stereocenters. The van der Waals surface area contributed by atoms with Gasteiger partial charge in [-0.05, 0) is 40.9 Å². The van der Waals surface area contributed by atoms with Crippen molar-refractivity contribution in [3.8, 4) is 0 Å². The number of benzene rings is 1. The molecule has 0 radical (unpaired) electrons. The summed E-state index contributed by atoms with van der Waals surface area (Å²) in [5.41, 5.74) is 1.75. The Bertz CT molecular complexity index is 393. The number of carbonyl (C=O) groups excluding carboxylic acids is 1. The van der Waals surface area contributed by atoms with Crippen LogP contribution in [0.5, 0.6) is 0 Å². The van der Waals surface area contributed by atoms with Gasteiger partial charge in [-0.1, -0.05) is 18.6 Å². The molecule has 3 nitrogen and oxygen atoms in total. The van der Waals surface area contributed by atoms with Crippen molar-refractivity contribution < 1.29 is 9.53 Å². The smallest absolute Gasteiger partial charge is 0.252 e. The number of rotatable bonds is 5. The lowest BCUT2D eigenvalue weighted by molar-refractivity contribution is 0.0933. The van der Waals surface area contributed by atoms with Gasteiger partial charge in [-0.25, -0.2) is 0 Å². The lowest BCUT2D eigenvalue weighted by Gasteiger charge is -2.12. The Hall–Kier alpha value is -0.870. The highest BCUT2D eigenvalue weighted by Gasteiger charge is 2.11. The number of hydrogen-bond donors (Lipinski definition) is 1. The van der Waals surface area contributed by atoms with Crippen molar-refractivity contribution >= 4 is 21.8 Å². The Morgan fingerprint density at radius 1 is 1.53 bits per heavy atom. The van der Waals surface area contributed by atoms with Crippen molar-refractivity contribution in [3.05, 3.63) is 33.8 Å². The molecule has 1 N–H and O–H groups in total. The van der Waals surface area contributed by atoms with Gasteiger partial charge in [0.2, 0.25) is 0 Å². The van der Waals surface area contributed by atoms with E-state index in [1.54, 1.807) is 7.11 Å². The third-order valence-electron chi connectivity index (χ3n) is 2.43. The fourth-order valence-electron chi connectivity index (χ4n) is 1.52. The van der Waals surface area contributed by atoms with Crippen molar-refractivity contribution in [3.63, 3.8) is 0 Å². The average Bonchev–Trinajstić information content (AvgIpc) is 2.29. The molecule has 1 rings (SSSR count). The summed E-state index contributed by atoms with van der Waals surface area (Å²) >= 11 is 3.38. The van der Waals surface area contributed by atoms with Crippen LogP contribution in [0, 0.1) is 12.8 Å². The minimum Gasteiger partial charge on any atom is -0.384 e. The maximum Gasteiger partial charge on any atom is 0.252 e. The van der Waals surface area contributed by atoms with E-state index in [0.29, 0.717) is 24.6 Å². The maximum absolute atomic E-state index is 11.9. The van der Waals surface area contributed by atoms with E-state index in [4.69, 9.17) is 4.74 Å². The summed E-state index contributed by atoms with van der Waals surface area (Å²) < 4.78 is 5.84. The molecular formula is C13H18BrNO2. The van der Waals surface area contributed by atoms with E-state index < -0.39 is 0 Å². The molecule has 1 aromatic rings. The third-order valence-corrected chi connectivity index (χ3v) is 3.12. The summed E-state index contributed by atoms with van der Waals surface area (Å²) in [6.07, 6.45) is 0. The summed E-state index contributed by atoms with van der Waals surface area (Å²) in [5.74, 6) is 0.260.